The van der Waals surface area contributed by atoms with Crippen molar-refractivity contribution in [1.82, 2.24) is 9.13 Å². The molecule has 0 fully saturated rings. The van der Waals surface area contributed by atoms with Crippen LogP contribution in [0.1, 0.15) is 0 Å². The summed E-state index contributed by atoms with van der Waals surface area (Å²) >= 11 is 0. The van der Waals surface area contributed by atoms with Crippen LogP contribution in [0.15, 0.2) is 127 Å². The molecule has 0 atom stereocenters. The van der Waals surface area contributed by atoms with Crippen LogP contribution in [0.3, 0.4) is 0 Å². The zero-order valence-corrected chi connectivity index (χ0v) is 22.1. The van der Waals surface area contributed by atoms with Crippen molar-refractivity contribution in [1.29, 1.82) is 0 Å². The number of fused-ring (bicyclic) bond motifs is 14. The zero-order chi connectivity index (χ0) is 26.4. The Kier molecular flexibility index (Phi) is 3.46. The van der Waals surface area contributed by atoms with E-state index in [4.69, 9.17) is 0 Å². The van der Waals surface area contributed by atoms with Crippen molar-refractivity contribution in [2.45, 2.75) is 0 Å². The number of aromatic nitrogens is 2. The van der Waals surface area contributed by atoms with Gasteiger partial charge in [-0.2, -0.15) is 0 Å². The molecule has 0 unspecified atom stereocenters. The molecule has 11 rings (SSSR count). The molecule has 0 spiro atoms. The Morgan fingerprint density at radius 3 is 1.37 bits per heavy atom. The van der Waals surface area contributed by atoms with Crippen LogP contribution in [0.5, 0.6) is 0 Å². The molecule has 0 N–H and O–H groups in total. The number of nitrogens with zero attached hydrogens (tertiary/aromatic N) is 2. The van der Waals surface area contributed by atoms with E-state index in [0.29, 0.717) is 0 Å². The first-order valence-corrected chi connectivity index (χ1v) is 14.4. The number of hydrogen-bond acceptors (Lipinski definition) is 0. The Balaban J connectivity index is 1.46. The minimum Gasteiger partial charge on any atom is -0.310 e. The summed E-state index contributed by atoms with van der Waals surface area (Å²) in [6.45, 7) is 0.147. The normalized spacial score (nSPS) is 13.3. The monoisotopic (exact) mass is 516 g/mol. The topological polar surface area (TPSA) is 9.86 Å². The van der Waals surface area contributed by atoms with E-state index in [0.717, 1.165) is 0 Å². The lowest BCUT2D eigenvalue weighted by Crippen LogP contribution is -2.59. The van der Waals surface area contributed by atoms with E-state index < -0.39 is 0 Å². The second-order valence-electron chi connectivity index (χ2n) is 11.7. The SMILES string of the molecule is c1cc2c3c(c1)-n1c4ccccc4c4c5ccccc5cc(c41)B3c1cc3ccccc3c3c4ccccc4n-2c13. The second-order valence-corrected chi connectivity index (χ2v) is 11.7. The fourth-order valence-corrected chi connectivity index (χ4v) is 8.39. The largest absolute Gasteiger partial charge is 0.310 e. The highest BCUT2D eigenvalue weighted by atomic mass is 15.0. The molecule has 7 aromatic carbocycles. The van der Waals surface area contributed by atoms with E-state index >= 15 is 0 Å². The minimum absolute atomic E-state index is 0.147. The average molecular weight is 516 g/mol. The Hall–Kier alpha value is -5.28. The highest BCUT2D eigenvalue weighted by Crippen LogP contribution is 2.42. The van der Waals surface area contributed by atoms with Gasteiger partial charge < -0.3 is 9.13 Å². The molecule has 0 bridgehead atoms. The van der Waals surface area contributed by atoms with E-state index in [9.17, 15) is 0 Å². The molecule has 3 heteroatoms. The van der Waals surface area contributed by atoms with Gasteiger partial charge in [-0.1, -0.05) is 103 Å². The summed E-state index contributed by atoms with van der Waals surface area (Å²) in [5.41, 5.74) is 12.1. The number of rotatable bonds is 0. The van der Waals surface area contributed by atoms with Gasteiger partial charge in [0.1, 0.15) is 0 Å². The third-order valence-corrected chi connectivity index (χ3v) is 9.83. The first kappa shape index (κ1) is 20.6. The van der Waals surface area contributed by atoms with Gasteiger partial charge in [0.05, 0.1) is 22.1 Å². The van der Waals surface area contributed by atoms with E-state index in [1.165, 1.54) is 92.9 Å². The van der Waals surface area contributed by atoms with Crippen molar-refractivity contribution >= 4 is 88.3 Å². The number of para-hydroxylation sites is 2. The first-order chi connectivity index (χ1) is 20.4. The van der Waals surface area contributed by atoms with E-state index in [1.54, 1.807) is 0 Å². The van der Waals surface area contributed by atoms with Crippen LogP contribution in [0, 0.1) is 0 Å². The lowest BCUT2D eigenvalue weighted by atomic mass is 9.34. The smallest absolute Gasteiger partial charge is 0.252 e. The van der Waals surface area contributed by atoms with Gasteiger partial charge in [0.2, 0.25) is 0 Å². The average Bonchev–Trinajstić information content (AvgIpc) is 3.56. The van der Waals surface area contributed by atoms with Crippen LogP contribution in [0.4, 0.5) is 0 Å². The third-order valence-electron chi connectivity index (χ3n) is 9.83. The van der Waals surface area contributed by atoms with Crippen LogP contribution >= 0.6 is 0 Å². The fourth-order valence-electron chi connectivity index (χ4n) is 8.39. The van der Waals surface area contributed by atoms with Gasteiger partial charge in [0.15, 0.2) is 0 Å². The summed E-state index contributed by atoms with van der Waals surface area (Å²) in [5.74, 6) is 0. The van der Waals surface area contributed by atoms with Crippen LogP contribution in [0.2, 0.25) is 0 Å². The molecule has 2 aromatic heterocycles. The zero-order valence-electron chi connectivity index (χ0n) is 22.1. The molecule has 9 aromatic rings. The lowest BCUT2D eigenvalue weighted by Gasteiger charge is -2.34. The summed E-state index contributed by atoms with van der Waals surface area (Å²) < 4.78 is 5.10. The van der Waals surface area contributed by atoms with Gasteiger partial charge in [0, 0.05) is 32.9 Å². The highest BCUT2D eigenvalue weighted by molar-refractivity contribution is 7.00. The predicted octanol–water partition coefficient (Wildman–Crippen LogP) is 7.33. The number of benzene rings is 7. The maximum Gasteiger partial charge on any atom is 0.252 e. The first-order valence-electron chi connectivity index (χ1n) is 14.4. The molecule has 2 aliphatic rings. The Labute approximate surface area is 235 Å². The van der Waals surface area contributed by atoms with Crippen molar-refractivity contribution in [2.24, 2.45) is 0 Å². The molecule has 0 saturated heterocycles. The minimum atomic E-state index is 0.147. The van der Waals surface area contributed by atoms with E-state index in [1.807, 2.05) is 0 Å². The van der Waals surface area contributed by atoms with Crippen molar-refractivity contribution in [3.05, 3.63) is 127 Å². The van der Waals surface area contributed by atoms with Crippen LogP contribution in [-0.2, 0) is 0 Å². The van der Waals surface area contributed by atoms with Gasteiger partial charge in [0.25, 0.3) is 6.71 Å². The van der Waals surface area contributed by atoms with Crippen molar-refractivity contribution in [2.75, 3.05) is 0 Å². The molecule has 0 aliphatic carbocycles. The predicted molar refractivity (Wildman–Crippen MR) is 175 cm³/mol. The van der Waals surface area contributed by atoms with Crippen LogP contribution in [-0.4, -0.2) is 15.8 Å². The summed E-state index contributed by atoms with van der Waals surface area (Å²) in [6, 6.07) is 47.7. The Bertz CT molecular complexity index is 2470. The van der Waals surface area contributed by atoms with Gasteiger partial charge in [-0.25, -0.2) is 0 Å². The summed E-state index contributed by atoms with van der Waals surface area (Å²) in [5, 5.41) is 10.7. The quantitative estimate of drug-likeness (QED) is 0.187. The molecule has 0 saturated carbocycles. The van der Waals surface area contributed by atoms with Crippen molar-refractivity contribution in [3.63, 3.8) is 0 Å². The fraction of sp³-hybridized carbons (Fsp3) is 0. The molecule has 41 heavy (non-hydrogen) atoms. The Morgan fingerprint density at radius 1 is 0.415 bits per heavy atom. The van der Waals surface area contributed by atoms with Gasteiger partial charge in [-0.05, 0) is 62.2 Å². The molecular weight excluding hydrogens is 495 g/mol. The molecular formula is C38H21BN2. The summed E-state index contributed by atoms with van der Waals surface area (Å²) in [7, 11) is 0. The van der Waals surface area contributed by atoms with Gasteiger partial charge in [-0.15, -0.1) is 0 Å². The lowest BCUT2D eigenvalue weighted by molar-refractivity contribution is 1.14. The molecule has 0 radical (unpaired) electrons. The molecule has 2 nitrogen and oxygen atoms in total. The van der Waals surface area contributed by atoms with E-state index in [2.05, 4.69) is 137 Å². The molecule has 0 amide bonds. The van der Waals surface area contributed by atoms with Crippen LogP contribution in [0.25, 0.3) is 76.5 Å². The maximum atomic E-state index is 2.55. The Morgan fingerprint density at radius 2 is 0.854 bits per heavy atom. The highest BCUT2D eigenvalue weighted by Gasteiger charge is 2.41. The molecule has 186 valence electrons. The third kappa shape index (κ3) is 2.24. The van der Waals surface area contributed by atoms with E-state index in [-0.39, 0.29) is 6.71 Å². The van der Waals surface area contributed by atoms with Gasteiger partial charge >= 0.3 is 0 Å². The molecule has 2 aliphatic heterocycles. The number of hydrogen-bond donors (Lipinski definition) is 0. The second kappa shape index (κ2) is 6.89. The molecule has 4 heterocycles. The van der Waals surface area contributed by atoms with Gasteiger partial charge in [-0.3, -0.25) is 0 Å². The summed E-state index contributed by atoms with van der Waals surface area (Å²) in [6.07, 6.45) is 0. The standard InChI is InChI=1S/C38H21BN2/c1-3-12-24-22(10-1)20-28-37-34(24)26-14-5-7-16-30(26)40(37)32-18-9-19-33-36(32)39(28)29-21-23-11-2-4-13-25(23)35-27-15-6-8-17-31(27)41(33)38(29)35/h1-21H. The maximum absolute atomic E-state index is 2.55. The van der Waals surface area contributed by atoms with Crippen molar-refractivity contribution < 1.29 is 0 Å². The van der Waals surface area contributed by atoms with Crippen molar-refractivity contribution in [3.8, 4) is 11.4 Å². The summed E-state index contributed by atoms with van der Waals surface area (Å²) in [4.78, 5) is 0. The van der Waals surface area contributed by atoms with Crippen LogP contribution < -0.4 is 16.4 Å².